The lowest BCUT2D eigenvalue weighted by molar-refractivity contribution is -0.119. The summed E-state index contributed by atoms with van der Waals surface area (Å²) >= 11 is 11.1. The largest absolute Gasteiger partial charge is 0.339 e. The second-order valence-electron chi connectivity index (χ2n) is 6.35. The Kier molecular flexibility index (Phi) is 6.42. The number of likely N-dealkylation sites (tertiary alicyclic amines) is 1. The van der Waals surface area contributed by atoms with E-state index in [9.17, 15) is 9.59 Å². The van der Waals surface area contributed by atoms with Crippen molar-refractivity contribution >= 4 is 46.4 Å². The average Bonchev–Trinajstić information content (AvgIpc) is 3.18. The van der Waals surface area contributed by atoms with Gasteiger partial charge in [-0.1, -0.05) is 35.9 Å². The lowest BCUT2D eigenvalue weighted by Gasteiger charge is -2.18. The number of amides is 2. The molecule has 5 nitrogen and oxygen atoms in total. The number of nitrogens with zero attached hydrogens (tertiary/aromatic N) is 1. The molecule has 0 atom stereocenters. The van der Waals surface area contributed by atoms with Crippen LogP contribution in [0.4, 0.5) is 5.69 Å². The number of anilines is 1. The molecule has 0 spiro atoms. The number of rotatable bonds is 4. The van der Waals surface area contributed by atoms with E-state index in [1.54, 1.807) is 36.4 Å². The fourth-order valence-corrected chi connectivity index (χ4v) is 3.33. The third-order valence-electron chi connectivity index (χ3n) is 4.33. The zero-order chi connectivity index (χ0) is 19.2. The third-order valence-corrected chi connectivity index (χ3v) is 4.79. The Hall–Kier alpha value is -2.44. The molecule has 140 valence electrons. The van der Waals surface area contributed by atoms with Crippen LogP contribution in [0.25, 0.3) is 0 Å². The second kappa shape index (κ2) is 8.97. The predicted molar refractivity (Wildman–Crippen MR) is 111 cm³/mol. The number of thiocarbonyl (C=S) groups is 1. The van der Waals surface area contributed by atoms with Crippen LogP contribution < -0.4 is 10.6 Å². The summed E-state index contributed by atoms with van der Waals surface area (Å²) in [6.45, 7) is 1.55. The molecule has 2 aromatic rings. The van der Waals surface area contributed by atoms with Crippen molar-refractivity contribution in [2.45, 2.75) is 19.3 Å². The van der Waals surface area contributed by atoms with E-state index in [1.807, 2.05) is 17.0 Å². The van der Waals surface area contributed by atoms with E-state index in [0.717, 1.165) is 31.5 Å². The van der Waals surface area contributed by atoms with Crippen molar-refractivity contribution in [1.82, 2.24) is 10.2 Å². The van der Waals surface area contributed by atoms with E-state index in [1.165, 1.54) is 0 Å². The van der Waals surface area contributed by atoms with E-state index in [0.29, 0.717) is 16.3 Å². The number of carbonyl (C=O) groups is 2. The highest BCUT2D eigenvalue weighted by Crippen LogP contribution is 2.20. The molecule has 0 aromatic heterocycles. The van der Waals surface area contributed by atoms with Gasteiger partial charge in [0, 0.05) is 18.1 Å². The Balaban J connectivity index is 1.61. The normalized spacial score (nSPS) is 13.3. The standard InChI is InChI=1S/C20H20ClN3O2S/c21-15-9-7-14(8-10-15)13-18(25)23-20(27)22-17-6-2-1-5-16(17)19(26)24-11-3-4-12-24/h1-2,5-10H,3-4,11-13H2,(H2,22,23,25,27). The molecule has 0 saturated carbocycles. The first-order valence-corrected chi connectivity index (χ1v) is 9.55. The van der Waals surface area contributed by atoms with Crippen LogP contribution in [-0.2, 0) is 11.2 Å². The summed E-state index contributed by atoms with van der Waals surface area (Å²) in [6, 6.07) is 14.2. The zero-order valence-corrected chi connectivity index (χ0v) is 16.3. The van der Waals surface area contributed by atoms with Crippen molar-refractivity contribution in [1.29, 1.82) is 0 Å². The van der Waals surface area contributed by atoms with Gasteiger partial charge in [0.15, 0.2) is 5.11 Å². The molecule has 27 heavy (non-hydrogen) atoms. The van der Waals surface area contributed by atoms with Crippen LogP contribution in [0.3, 0.4) is 0 Å². The van der Waals surface area contributed by atoms with Gasteiger partial charge in [-0.05, 0) is 54.9 Å². The van der Waals surface area contributed by atoms with Crippen molar-refractivity contribution in [2.24, 2.45) is 0 Å². The van der Waals surface area contributed by atoms with Gasteiger partial charge in [0.2, 0.25) is 5.91 Å². The fourth-order valence-electron chi connectivity index (χ4n) is 2.98. The average molecular weight is 402 g/mol. The molecule has 3 rings (SSSR count). The van der Waals surface area contributed by atoms with Gasteiger partial charge in [0.25, 0.3) is 5.91 Å². The first kappa shape index (κ1) is 19.3. The molecule has 1 aliphatic rings. The Morgan fingerprint density at radius 2 is 1.70 bits per heavy atom. The minimum Gasteiger partial charge on any atom is -0.339 e. The molecule has 0 radical (unpaired) electrons. The number of halogens is 1. The van der Waals surface area contributed by atoms with Gasteiger partial charge < -0.3 is 15.5 Å². The summed E-state index contributed by atoms with van der Waals surface area (Å²) in [5, 5.41) is 6.41. The molecular weight excluding hydrogens is 382 g/mol. The molecule has 0 bridgehead atoms. The summed E-state index contributed by atoms with van der Waals surface area (Å²) < 4.78 is 0. The van der Waals surface area contributed by atoms with E-state index < -0.39 is 0 Å². The van der Waals surface area contributed by atoms with Crippen molar-refractivity contribution < 1.29 is 9.59 Å². The van der Waals surface area contributed by atoms with Crippen LogP contribution in [0.15, 0.2) is 48.5 Å². The Labute approximate surface area is 168 Å². The number of hydrogen-bond donors (Lipinski definition) is 2. The highest BCUT2D eigenvalue weighted by Gasteiger charge is 2.22. The number of carbonyl (C=O) groups excluding carboxylic acids is 2. The molecule has 2 amide bonds. The zero-order valence-electron chi connectivity index (χ0n) is 14.7. The monoisotopic (exact) mass is 401 g/mol. The summed E-state index contributed by atoms with van der Waals surface area (Å²) in [6.07, 6.45) is 2.24. The summed E-state index contributed by atoms with van der Waals surface area (Å²) in [7, 11) is 0. The quantitative estimate of drug-likeness (QED) is 0.768. The summed E-state index contributed by atoms with van der Waals surface area (Å²) in [4.78, 5) is 26.7. The third kappa shape index (κ3) is 5.28. The van der Waals surface area contributed by atoms with Gasteiger partial charge >= 0.3 is 0 Å². The van der Waals surface area contributed by atoms with Crippen molar-refractivity contribution in [2.75, 3.05) is 18.4 Å². The predicted octanol–water partition coefficient (Wildman–Crippen LogP) is 3.63. The molecule has 2 N–H and O–H groups in total. The van der Waals surface area contributed by atoms with Gasteiger partial charge in [0.1, 0.15) is 0 Å². The second-order valence-corrected chi connectivity index (χ2v) is 7.20. The SMILES string of the molecule is O=C(Cc1ccc(Cl)cc1)NC(=S)Nc1ccccc1C(=O)N1CCCC1. The molecular formula is C20H20ClN3O2S. The Morgan fingerprint density at radius 3 is 2.41 bits per heavy atom. The van der Waals surface area contributed by atoms with Gasteiger partial charge in [-0.15, -0.1) is 0 Å². The van der Waals surface area contributed by atoms with Gasteiger partial charge in [-0.2, -0.15) is 0 Å². The number of benzene rings is 2. The topological polar surface area (TPSA) is 61.4 Å². The molecule has 2 aromatic carbocycles. The summed E-state index contributed by atoms with van der Waals surface area (Å²) in [5.74, 6) is -0.260. The number of nitrogens with one attached hydrogen (secondary N) is 2. The first-order valence-electron chi connectivity index (χ1n) is 8.76. The van der Waals surface area contributed by atoms with Gasteiger partial charge in [-0.3, -0.25) is 9.59 Å². The van der Waals surface area contributed by atoms with E-state index >= 15 is 0 Å². The molecule has 7 heteroatoms. The van der Waals surface area contributed by atoms with Gasteiger partial charge in [-0.25, -0.2) is 0 Å². The van der Waals surface area contributed by atoms with Crippen LogP contribution in [0.2, 0.25) is 5.02 Å². The van der Waals surface area contributed by atoms with Gasteiger partial charge in [0.05, 0.1) is 17.7 Å². The fraction of sp³-hybridized carbons (Fsp3) is 0.250. The maximum atomic E-state index is 12.7. The van der Waals surface area contributed by atoms with E-state index in [-0.39, 0.29) is 23.3 Å². The molecule has 1 aliphatic heterocycles. The van der Waals surface area contributed by atoms with Crippen molar-refractivity contribution in [3.05, 3.63) is 64.7 Å². The smallest absolute Gasteiger partial charge is 0.255 e. The number of para-hydroxylation sites is 1. The van der Waals surface area contributed by atoms with E-state index in [2.05, 4.69) is 10.6 Å². The minimum absolute atomic E-state index is 0.0223. The minimum atomic E-state index is -0.238. The van der Waals surface area contributed by atoms with Crippen LogP contribution in [-0.4, -0.2) is 34.9 Å². The van der Waals surface area contributed by atoms with Crippen molar-refractivity contribution in [3.63, 3.8) is 0 Å². The van der Waals surface area contributed by atoms with Crippen LogP contribution in [0, 0.1) is 0 Å². The maximum Gasteiger partial charge on any atom is 0.255 e. The lowest BCUT2D eigenvalue weighted by Crippen LogP contribution is -2.36. The molecule has 0 unspecified atom stereocenters. The lowest BCUT2D eigenvalue weighted by atomic mass is 10.1. The van der Waals surface area contributed by atoms with Crippen LogP contribution in [0.5, 0.6) is 0 Å². The molecule has 1 fully saturated rings. The first-order chi connectivity index (χ1) is 13.0. The molecule has 1 heterocycles. The van der Waals surface area contributed by atoms with Crippen LogP contribution >= 0.6 is 23.8 Å². The highest BCUT2D eigenvalue weighted by atomic mass is 35.5. The Bertz CT molecular complexity index is 849. The summed E-state index contributed by atoms with van der Waals surface area (Å²) in [5.41, 5.74) is 1.98. The maximum absolute atomic E-state index is 12.7. The molecule has 1 saturated heterocycles. The molecule has 0 aliphatic carbocycles. The highest BCUT2D eigenvalue weighted by molar-refractivity contribution is 7.80. The number of hydrogen-bond acceptors (Lipinski definition) is 3. The van der Waals surface area contributed by atoms with Crippen LogP contribution in [0.1, 0.15) is 28.8 Å². The Morgan fingerprint density at radius 1 is 1.04 bits per heavy atom. The van der Waals surface area contributed by atoms with Crippen molar-refractivity contribution in [3.8, 4) is 0 Å². The van der Waals surface area contributed by atoms with E-state index in [4.69, 9.17) is 23.8 Å².